The third-order valence-corrected chi connectivity index (χ3v) is 3.27. The summed E-state index contributed by atoms with van der Waals surface area (Å²) in [6.45, 7) is 8.60. The van der Waals surface area contributed by atoms with E-state index >= 15 is 0 Å². The fourth-order valence-corrected chi connectivity index (χ4v) is 1.99. The summed E-state index contributed by atoms with van der Waals surface area (Å²) in [6, 6.07) is 9.78. The lowest BCUT2D eigenvalue weighted by atomic mass is 10.1. The molecule has 0 radical (unpaired) electrons. The van der Waals surface area contributed by atoms with Crippen LogP contribution in [0.1, 0.15) is 24.8 Å². The number of methoxy groups -OCH3 is 1. The SMILES string of the molecule is C=CCCN(Cc1ccccc1)C(=O)C(=C)CCC(=O)OC. The third-order valence-electron chi connectivity index (χ3n) is 3.27. The zero-order valence-corrected chi connectivity index (χ0v) is 13.1. The Kier molecular flexibility index (Phi) is 7.68. The van der Waals surface area contributed by atoms with Crippen molar-refractivity contribution in [3.63, 3.8) is 0 Å². The van der Waals surface area contributed by atoms with Crippen molar-refractivity contribution in [1.29, 1.82) is 0 Å². The molecule has 4 nitrogen and oxygen atoms in total. The largest absolute Gasteiger partial charge is 0.469 e. The first-order chi connectivity index (χ1) is 10.6. The van der Waals surface area contributed by atoms with Crippen LogP contribution in [0.15, 0.2) is 55.1 Å². The minimum atomic E-state index is -0.338. The Morgan fingerprint density at radius 3 is 2.50 bits per heavy atom. The van der Waals surface area contributed by atoms with Gasteiger partial charge in [-0.15, -0.1) is 6.58 Å². The van der Waals surface area contributed by atoms with Crippen LogP contribution in [-0.4, -0.2) is 30.4 Å². The van der Waals surface area contributed by atoms with E-state index in [0.717, 1.165) is 5.56 Å². The number of hydrogen-bond acceptors (Lipinski definition) is 3. The van der Waals surface area contributed by atoms with E-state index in [1.807, 2.05) is 30.3 Å². The maximum absolute atomic E-state index is 12.5. The van der Waals surface area contributed by atoms with Crippen LogP contribution in [0, 0.1) is 0 Å². The van der Waals surface area contributed by atoms with Gasteiger partial charge in [0.15, 0.2) is 0 Å². The molecule has 0 saturated carbocycles. The number of esters is 1. The number of ether oxygens (including phenoxy) is 1. The van der Waals surface area contributed by atoms with E-state index < -0.39 is 0 Å². The number of nitrogens with zero attached hydrogens (tertiary/aromatic N) is 1. The van der Waals surface area contributed by atoms with Gasteiger partial charge in [0, 0.05) is 25.1 Å². The first-order valence-electron chi connectivity index (χ1n) is 7.27. The van der Waals surface area contributed by atoms with E-state index in [2.05, 4.69) is 17.9 Å². The fraction of sp³-hybridized carbons (Fsp3) is 0.333. The number of carbonyl (C=O) groups excluding carboxylic acids is 2. The van der Waals surface area contributed by atoms with Gasteiger partial charge in [-0.2, -0.15) is 0 Å². The number of hydrogen-bond donors (Lipinski definition) is 0. The molecule has 0 fully saturated rings. The third kappa shape index (κ3) is 5.95. The molecule has 1 amide bonds. The second kappa shape index (κ2) is 9.55. The number of benzene rings is 1. The van der Waals surface area contributed by atoms with Crippen LogP contribution in [0.25, 0.3) is 0 Å². The Balaban J connectivity index is 2.68. The molecule has 118 valence electrons. The summed E-state index contributed by atoms with van der Waals surface area (Å²) in [5.74, 6) is -0.468. The second-order valence-corrected chi connectivity index (χ2v) is 4.97. The summed E-state index contributed by atoms with van der Waals surface area (Å²) < 4.78 is 4.58. The van der Waals surface area contributed by atoms with Gasteiger partial charge in [-0.1, -0.05) is 43.0 Å². The lowest BCUT2D eigenvalue weighted by Crippen LogP contribution is -2.32. The first-order valence-corrected chi connectivity index (χ1v) is 7.27. The highest BCUT2D eigenvalue weighted by Gasteiger charge is 2.17. The van der Waals surface area contributed by atoms with Crippen LogP contribution in [0.5, 0.6) is 0 Å². The minimum absolute atomic E-state index is 0.130. The molecule has 1 aromatic rings. The molecular formula is C18H23NO3. The number of rotatable bonds is 9. The lowest BCUT2D eigenvalue weighted by Gasteiger charge is -2.23. The van der Waals surface area contributed by atoms with Gasteiger partial charge in [-0.25, -0.2) is 0 Å². The minimum Gasteiger partial charge on any atom is -0.469 e. The summed E-state index contributed by atoms with van der Waals surface area (Å²) in [5, 5.41) is 0. The average Bonchev–Trinajstić information content (AvgIpc) is 2.56. The van der Waals surface area contributed by atoms with Crippen molar-refractivity contribution in [3.8, 4) is 0 Å². The molecule has 22 heavy (non-hydrogen) atoms. The maximum atomic E-state index is 12.5. The van der Waals surface area contributed by atoms with E-state index in [0.29, 0.717) is 31.5 Å². The molecule has 0 aromatic heterocycles. The smallest absolute Gasteiger partial charge is 0.305 e. The van der Waals surface area contributed by atoms with E-state index in [4.69, 9.17) is 0 Å². The zero-order valence-electron chi connectivity index (χ0n) is 13.1. The van der Waals surface area contributed by atoms with Gasteiger partial charge in [-0.05, 0) is 18.4 Å². The van der Waals surface area contributed by atoms with E-state index in [-0.39, 0.29) is 18.3 Å². The molecule has 0 heterocycles. The molecule has 0 aliphatic heterocycles. The highest BCUT2D eigenvalue weighted by Crippen LogP contribution is 2.12. The molecule has 0 spiro atoms. The molecule has 0 N–H and O–H groups in total. The highest BCUT2D eigenvalue weighted by molar-refractivity contribution is 5.93. The normalized spacial score (nSPS) is 9.86. The van der Waals surface area contributed by atoms with Crippen LogP contribution >= 0.6 is 0 Å². The van der Waals surface area contributed by atoms with E-state index in [9.17, 15) is 9.59 Å². The highest BCUT2D eigenvalue weighted by atomic mass is 16.5. The summed E-state index contributed by atoms with van der Waals surface area (Å²) in [6.07, 6.45) is 2.97. The maximum Gasteiger partial charge on any atom is 0.305 e. The van der Waals surface area contributed by atoms with Crippen molar-refractivity contribution < 1.29 is 14.3 Å². The molecule has 0 bridgehead atoms. The molecular weight excluding hydrogens is 278 g/mol. The van der Waals surface area contributed by atoms with Gasteiger partial charge in [-0.3, -0.25) is 9.59 Å². The van der Waals surface area contributed by atoms with Crippen molar-refractivity contribution in [1.82, 2.24) is 4.90 Å². The van der Waals surface area contributed by atoms with Gasteiger partial charge < -0.3 is 9.64 Å². The molecule has 0 atom stereocenters. The molecule has 0 unspecified atom stereocenters. The Hall–Kier alpha value is -2.36. The first kappa shape index (κ1) is 17.7. The van der Waals surface area contributed by atoms with Crippen LogP contribution in [-0.2, 0) is 20.9 Å². The predicted octanol–water partition coefficient (Wildman–Crippen LogP) is 3.10. The van der Waals surface area contributed by atoms with Crippen molar-refractivity contribution >= 4 is 11.9 Å². The van der Waals surface area contributed by atoms with Crippen LogP contribution in [0.2, 0.25) is 0 Å². The number of carbonyl (C=O) groups is 2. The molecule has 1 rings (SSSR count). The predicted molar refractivity (Wildman–Crippen MR) is 87.1 cm³/mol. The van der Waals surface area contributed by atoms with Gasteiger partial charge in [0.2, 0.25) is 5.91 Å². The summed E-state index contributed by atoms with van der Waals surface area (Å²) in [5.41, 5.74) is 1.48. The van der Waals surface area contributed by atoms with E-state index in [1.165, 1.54) is 7.11 Å². The van der Waals surface area contributed by atoms with Crippen LogP contribution in [0.4, 0.5) is 0 Å². The quantitative estimate of drug-likeness (QED) is 0.400. The molecule has 0 aliphatic rings. The summed E-state index contributed by atoms with van der Waals surface area (Å²) in [7, 11) is 1.33. The van der Waals surface area contributed by atoms with Crippen molar-refractivity contribution in [3.05, 3.63) is 60.7 Å². The zero-order chi connectivity index (χ0) is 16.4. The molecule has 4 heteroatoms. The Morgan fingerprint density at radius 1 is 1.23 bits per heavy atom. The van der Waals surface area contributed by atoms with Gasteiger partial charge >= 0.3 is 5.97 Å². The topological polar surface area (TPSA) is 46.6 Å². The van der Waals surface area contributed by atoms with E-state index in [1.54, 1.807) is 11.0 Å². The molecule has 0 aliphatic carbocycles. The van der Waals surface area contributed by atoms with Crippen LogP contribution in [0.3, 0.4) is 0 Å². The molecule has 1 aromatic carbocycles. The fourth-order valence-electron chi connectivity index (χ4n) is 1.99. The van der Waals surface area contributed by atoms with Gasteiger partial charge in [0.1, 0.15) is 0 Å². The summed E-state index contributed by atoms with van der Waals surface area (Å²) in [4.78, 5) is 25.4. The lowest BCUT2D eigenvalue weighted by molar-refractivity contribution is -0.140. The van der Waals surface area contributed by atoms with Gasteiger partial charge in [0.05, 0.1) is 7.11 Å². The Morgan fingerprint density at radius 2 is 1.91 bits per heavy atom. The Bertz CT molecular complexity index is 522. The summed E-state index contributed by atoms with van der Waals surface area (Å²) >= 11 is 0. The number of amides is 1. The Labute approximate surface area is 132 Å². The van der Waals surface area contributed by atoms with Crippen molar-refractivity contribution in [2.45, 2.75) is 25.8 Å². The average molecular weight is 301 g/mol. The van der Waals surface area contributed by atoms with Crippen molar-refractivity contribution in [2.24, 2.45) is 0 Å². The second-order valence-electron chi connectivity index (χ2n) is 4.97. The molecule has 0 saturated heterocycles. The van der Waals surface area contributed by atoms with Crippen molar-refractivity contribution in [2.75, 3.05) is 13.7 Å². The standard InChI is InChI=1S/C18H23NO3/c1-4-5-13-19(14-16-9-7-6-8-10-16)18(21)15(2)11-12-17(20)22-3/h4,6-10H,1-2,5,11-14H2,3H3. The van der Waals surface area contributed by atoms with Crippen LogP contribution < -0.4 is 0 Å². The monoisotopic (exact) mass is 301 g/mol. The van der Waals surface area contributed by atoms with Gasteiger partial charge in [0.25, 0.3) is 0 Å².